The Hall–Kier alpha value is -1.67. The van der Waals surface area contributed by atoms with E-state index < -0.39 is 10.0 Å². The molecule has 3 unspecified atom stereocenters. The van der Waals surface area contributed by atoms with E-state index in [1.54, 1.807) is 6.33 Å². The van der Waals surface area contributed by atoms with E-state index in [-0.39, 0.29) is 11.8 Å². The van der Waals surface area contributed by atoms with E-state index in [0.29, 0.717) is 24.3 Å². The molecule has 4 rings (SSSR count). The van der Waals surface area contributed by atoms with Crippen molar-refractivity contribution in [3.63, 3.8) is 0 Å². The number of aromatic amines is 1. The van der Waals surface area contributed by atoms with Crippen LogP contribution >= 0.6 is 0 Å². The third kappa shape index (κ3) is 3.32. The summed E-state index contributed by atoms with van der Waals surface area (Å²) in [5.74, 6) is 2.40. The molecule has 0 radical (unpaired) electrons. The molecule has 4 atom stereocenters. The minimum atomic E-state index is -3.12. The molecule has 0 aliphatic heterocycles. The number of nitrogens with one attached hydrogen (secondary N) is 2. The molecule has 7 nitrogen and oxygen atoms in total. The average molecular weight is 378 g/mol. The Bertz CT molecular complexity index is 867. The summed E-state index contributed by atoms with van der Waals surface area (Å²) in [6.45, 7) is 1.90. The van der Waals surface area contributed by atoms with Gasteiger partial charge in [-0.1, -0.05) is 6.92 Å². The first-order valence-electron chi connectivity index (χ1n) is 9.47. The Kier molecular flexibility index (Phi) is 4.64. The highest BCUT2D eigenvalue weighted by Crippen LogP contribution is 2.46. The molecule has 0 saturated heterocycles. The van der Waals surface area contributed by atoms with Gasteiger partial charge in [0.2, 0.25) is 10.0 Å². The SMILES string of the molecule is CCCS(=O)(=O)NC1CC2CC(N(C)c3ncnc4[nH]ccc34)C[C@H]2C1. The van der Waals surface area contributed by atoms with E-state index in [1.807, 2.05) is 19.2 Å². The predicted octanol–water partition coefficient (Wildman–Crippen LogP) is 2.28. The summed E-state index contributed by atoms with van der Waals surface area (Å²) in [7, 11) is -1.00. The van der Waals surface area contributed by atoms with Gasteiger partial charge in [0, 0.05) is 25.3 Å². The Morgan fingerprint density at radius 3 is 2.65 bits per heavy atom. The minimum Gasteiger partial charge on any atom is -0.356 e. The predicted molar refractivity (Wildman–Crippen MR) is 103 cm³/mol. The Morgan fingerprint density at radius 1 is 1.23 bits per heavy atom. The third-order valence-electron chi connectivity index (χ3n) is 6.02. The standard InChI is InChI=1S/C18H27N5O2S/c1-3-6-26(24,25)22-14-7-12-9-15(10-13(12)8-14)23(2)18-16-4-5-19-17(16)20-11-21-18/h4-5,11-15,22H,3,6-10H2,1-2H3,(H,19,20,21)/t12-,13?,14?,15?/m1/s1. The number of anilines is 1. The van der Waals surface area contributed by atoms with E-state index in [2.05, 4.69) is 31.6 Å². The molecule has 2 heterocycles. The highest BCUT2D eigenvalue weighted by molar-refractivity contribution is 7.89. The monoisotopic (exact) mass is 377 g/mol. The summed E-state index contributed by atoms with van der Waals surface area (Å²) in [5.41, 5.74) is 0.866. The van der Waals surface area contributed by atoms with E-state index in [9.17, 15) is 8.42 Å². The molecule has 142 valence electrons. The summed E-state index contributed by atoms with van der Waals surface area (Å²) in [6.07, 6.45) is 8.29. The quantitative estimate of drug-likeness (QED) is 0.806. The lowest BCUT2D eigenvalue weighted by molar-refractivity contribution is 0.457. The second-order valence-electron chi connectivity index (χ2n) is 7.80. The molecule has 2 fully saturated rings. The van der Waals surface area contributed by atoms with E-state index in [4.69, 9.17) is 0 Å². The Balaban J connectivity index is 1.41. The number of aromatic nitrogens is 3. The fourth-order valence-corrected chi connectivity index (χ4v) is 6.25. The van der Waals surface area contributed by atoms with Crippen LogP contribution in [0.2, 0.25) is 0 Å². The van der Waals surface area contributed by atoms with Crippen LogP contribution in [0.5, 0.6) is 0 Å². The summed E-state index contributed by atoms with van der Waals surface area (Å²) in [5, 5.41) is 1.05. The zero-order valence-corrected chi connectivity index (χ0v) is 16.2. The first-order chi connectivity index (χ1) is 12.5. The van der Waals surface area contributed by atoms with Gasteiger partial charge in [-0.2, -0.15) is 0 Å². The highest BCUT2D eigenvalue weighted by Gasteiger charge is 2.44. The normalized spacial score (nSPS) is 28.5. The van der Waals surface area contributed by atoms with Crippen LogP contribution in [0.1, 0.15) is 39.0 Å². The molecule has 2 aromatic rings. The molecule has 26 heavy (non-hydrogen) atoms. The fraction of sp³-hybridized carbons (Fsp3) is 0.667. The molecule has 0 spiro atoms. The van der Waals surface area contributed by atoms with Crippen molar-refractivity contribution in [3.8, 4) is 0 Å². The van der Waals surface area contributed by atoms with E-state index in [0.717, 1.165) is 42.5 Å². The van der Waals surface area contributed by atoms with Crippen LogP contribution in [0.3, 0.4) is 0 Å². The summed E-state index contributed by atoms with van der Waals surface area (Å²) in [4.78, 5) is 14.2. The molecular weight excluding hydrogens is 350 g/mol. The van der Waals surface area contributed by atoms with Gasteiger partial charge in [-0.05, 0) is 50.0 Å². The second kappa shape index (κ2) is 6.81. The number of nitrogens with zero attached hydrogens (tertiary/aromatic N) is 3. The maximum absolute atomic E-state index is 12.0. The van der Waals surface area contributed by atoms with Crippen LogP contribution in [0.15, 0.2) is 18.6 Å². The van der Waals surface area contributed by atoms with Crippen molar-refractivity contribution in [1.29, 1.82) is 0 Å². The number of fused-ring (bicyclic) bond motifs is 2. The van der Waals surface area contributed by atoms with Crippen molar-refractivity contribution in [1.82, 2.24) is 19.7 Å². The molecule has 2 aliphatic carbocycles. The number of hydrogen-bond donors (Lipinski definition) is 2. The molecule has 2 saturated carbocycles. The van der Waals surface area contributed by atoms with Gasteiger partial charge in [0.15, 0.2) is 0 Å². The topological polar surface area (TPSA) is 91.0 Å². The number of hydrogen-bond acceptors (Lipinski definition) is 5. The smallest absolute Gasteiger partial charge is 0.211 e. The van der Waals surface area contributed by atoms with Gasteiger partial charge in [-0.15, -0.1) is 0 Å². The van der Waals surface area contributed by atoms with Crippen molar-refractivity contribution in [2.45, 2.75) is 51.1 Å². The number of H-pyrrole nitrogens is 1. The van der Waals surface area contributed by atoms with Crippen molar-refractivity contribution < 1.29 is 8.42 Å². The number of rotatable bonds is 6. The molecular formula is C18H27N5O2S. The van der Waals surface area contributed by atoms with Crippen molar-refractivity contribution in [3.05, 3.63) is 18.6 Å². The van der Waals surface area contributed by atoms with Gasteiger partial charge in [0.05, 0.1) is 11.1 Å². The maximum atomic E-state index is 12.0. The third-order valence-corrected chi connectivity index (χ3v) is 7.66. The van der Waals surface area contributed by atoms with Crippen LogP contribution in [-0.4, -0.2) is 48.3 Å². The fourth-order valence-electron chi connectivity index (χ4n) is 4.89. The van der Waals surface area contributed by atoms with Crippen LogP contribution in [-0.2, 0) is 10.0 Å². The van der Waals surface area contributed by atoms with E-state index in [1.165, 1.54) is 0 Å². The zero-order valence-electron chi connectivity index (χ0n) is 15.4. The summed E-state index contributed by atoms with van der Waals surface area (Å²) < 4.78 is 27.0. The van der Waals surface area contributed by atoms with Gasteiger partial charge < -0.3 is 9.88 Å². The van der Waals surface area contributed by atoms with Gasteiger partial charge in [0.25, 0.3) is 0 Å². The molecule has 2 N–H and O–H groups in total. The van der Waals surface area contributed by atoms with Gasteiger partial charge in [-0.25, -0.2) is 23.1 Å². The van der Waals surface area contributed by atoms with Crippen molar-refractivity contribution in [2.75, 3.05) is 17.7 Å². The van der Waals surface area contributed by atoms with E-state index >= 15 is 0 Å². The van der Waals surface area contributed by atoms with Gasteiger partial charge >= 0.3 is 0 Å². The first-order valence-corrected chi connectivity index (χ1v) is 11.1. The average Bonchev–Trinajstić information content (AvgIpc) is 3.26. The lowest BCUT2D eigenvalue weighted by Gasteiger charge is -2.27. The summed E-state index contributed by atoms with van der Waals surface area (Å²) in [6, 6.07) is 2.59. The Morgan fingerprint density at radius 2 is 1.96 bits per heavy atom. The van der Waals surface area contributed by atoms with Crippen LogP contribution in [0, 0.1) is 11.8 Å². The maximum Gasteiger partial charge on any atom is 0.211 e. The lowest BCUT2D eigenvalue weighted by atomic mass is 10.0. The van der Waals surface area contributed by atoms with Gasteiger partial charge in [0.1, 0.15) is 17.8 Å². The molecule has 2 aliphatic rings. The largest absolute Gasteiger partial charge is 0.356 e. The minimum absolute atomic E-state index is 0.114. The van der Waals surface area contributed by atoms with Crippen molar-refractivity contribution in [2.24, 2.45) is 11.8 Å². The molecule has 0 aromatic carbocycles. The summed E-state index contributed by atoms with van der Waals surface area (Å²) >= 11 is 0. The molecule has 0 bridgehead atoms. The van der Waals surface area contributed by atoms with Crippen LogP contribution < -0.4 is 9.62 Å². The van der Waals surface area contributed by atoms with Crippen LogP contribution in [0.25, 0.3) is 11.0 Å². The number of sulfonamides is 1. The lowest BCUT2D eigenvalue weighted by Crippen LogP contribution is -2.36. The zero-order chi connectivity index (χ0) is 18.3. The molecule has 0 amide bonds. The molecule has 8 heteroatoms. The molecule has 2 aromatic heterocycles. The van der Waals surface area contributed by atoms with Crippen molar-refractivity contribution >= 4 is 26.9 Å². The van der Waals surface area contributed by atoms with Crippen LogP contribution in [0.4, 0.5) is 5.82 Å². The second-order valence-corrected chi connectivity index (χ2v) is 9.67. The Labute approximate surface area is 154 Å². The highest BCUT2D eigenvalue weighted by atomic mass is 32.2. The van der Waals surface area contributed by atoms with Gasteiger partial charge in [-0.3, -0.25) is 0 Å². The first kappa shape index (κ1) is 17.7.